The highest BCUT2D eigenvalue weighted by Crippen LogP contribution is 2.49. The summed E-state index contributed by atoms with van der Waals surface area (Å²) in [6.07, 6.45) is 9.57. The summed E-state index contributed by atoms with van der Waals surface area (Å²) in [5.41, 5.74) is -0.914. The molecule has 2 aliphatic heterocycles. The predicted molar refractivity (Wildman–Crippen MR) is 136 cm³/mol. The third-order valence-electron chi connectivity index (χ3n) is 9.71. The molecule has 2 N–H and O–H groups in total. The normalized spacial score (nSPS) is 33.0. The lowest BCUT2D eigenvalue weighted by atomic mass is 9.69. The van der Waals surface area contributed by atoms with Crippen molar-refractivity contribution in [1.29, 1.82) is 0 Å². The maximum absolute atomic E-state index is 12.9. The molecule has 0 bridgehead atoms. The van der Waals surface area contributed by atoms with Gasteiger partial charge >= 0.3 is 12.2 Å². The van der Waals surface area contributed by atoms with E-state index in [-0.39, 0.29) is 30.0 Å². The van der Waals surface area contributed by atoms with E-state index in [9.17, 15) is 19.8 Å². The third-order valence-corrected chi connectivity index (χ3v) is 9.71. The maximum atomic E-state index is 12.9. The molecule has 4 unspecified atom stereocenters. The molecule has 4 rings (SSSR count). The number of aliphatic hydroxyl groups is 2. The zero-order valence-corrected chi connectivity index (χ0v) is 22.6. The molecule has 8 heteroatoms. The first-order valence-electron chi connectivity index (χ1n) is 14.4. The lowest BCUT2D eigenvalue weighted by Gasteiger charge is -2.42. The van der Waals surface area contributed by atoms with Crippen LogP contribution in [0.4, 0.5) is 9.59 Å². The molecule has 0 radical (unpaired) electrons. The number of aliphatic hydroxyl groups excluding tert-OH is 2. The molecule has 4 aliphatic rings. The Bertz CT molecular complexity index is 759. The lowest BCUT2D eigenvalue weighted by Crippen LogP contribution is -2.47. The van der Waals surface area contributed by atoms with Crippen molar-refractivity contribution in [3.8, 4) is 0 Å². The zero-order chi connectivity index (χ0) is 25.9. The summed E-state index contributed by atoms with van der Waals surface area (Å²) >= 11 is 0. The lowest BCUT2D eigenvalue weighted by molar-refractivity contribution is -0.0514. The number of hydrogen-bond donors (Lipinski definition) is 2. The van der Waals surface area contributed by atoms with Gasteiger partial charge in [0.15, 0.2) is 0 Å². The predicted octanol–water partition coefficient (Wildman–Crippen LogP) is 4.71. The van der Waals surface area contributed by atoms with Crippen LogP contribution in [0.5, 0.6) is 0 Å². The molecule has 2 saturated carbocycles. The van der Waals surface area contributed by atoms with E-state index in [0.717, 1.165) is 44.9 Å². The van der Waals surface area contributed by atoms with Crippen molar-refractivity contribution in [3.05, 3.63) is 0 Å². The van der Waals surface area contributed by atoms with Crippen molar-refractivity contribution < 1.29 is 29.3 Å². The van der Waals surface area contributed by atoms with E-state index in [0.29, 0.717) is 69.6 Å². The van der Waals surface area contributed by atoms with Gasteiger partial charge in [0.1, 0.15) is 11.2 Å². The van der Waals surface area contributed by atoms with E-state index in [2.05, 4.69) is 20.8 Å². The average molecular weight is 509 g/mol. The van der Waals surface area contributed by atoms with Gasteiger partial charge in [0.2, 0.25) is 0 Å². The van der Waals surface area contributed by atoms with Crippen LogP contribution in [0.15, 0.2) is 0 Å². The largest absolute Gasteiger partial charge is 0.443 e. The summed E-state index contributed by atoms with van der Waals surface area (Å²) in [4.78, 5) is 29.2. The van der Waals surface area contributed by atoms with Crippen molar-refractivity contribution in [1.82, 2.24) is 9.80 Å². The Hall–Kier alpha value is -1.54. The van der Waals surface area contributed by atoms with Crippen LogP contribution in [0.3, 0.4) is 0 Å². The van der Waals surface area contributed by atoms with Gasteiger partial charge in [-0.05, 0) is 95.8 Å². The van der Waals surface area contributed by atoms with Crippen LogP contribution >= 0.6 is 0 Å². The molecule has 4 fully saturated rings. The molecule has 0 aromatic heterocycles. The topological polar surface area (TPSA) is 99.5 Å². The molecule has 2 heterocycles. The summed E-state index contributed by atoms with van der Waals surface area (Å²) in [5.74, 6) is 1.40. The molecule has 0 aromatic rings. The highest BCUT2D eigenvalue weighted by atomic mass is 16.6. The Kier molecular flexibility index (Phi) is 8.75. The molecule has 0 spiro atoms. The van der Waals surface area contributed by atoms with E-state index < -0.39 is 5.60 Å². The fraction of sp³-hybridized carbons (Fsp3) is 0.929. The Balaban J connectivity index is 1.31. The quantitative estimate of drug-likeness (QED) is 0.558. The Labute approximate surface area is 216 Å². The smallest absolute Gasteiger partial charge is 0.410 e. The second-order valence-electron chi connectivity index (χ2n) is 12.4. The summed E-state index contributed by atoms with van der Waals surface area (Å²) in [6, 6.07) is 0. The summed E-state index contributed by atoms with van der Waals surface area (Å²) in [5, 5.41) is 19.5. The van der Waals surface area contributed by atoms with E-state index >= 15 is 0 Å². The molecule has 0 aromatic carbocycles. The maximum Gasteiger partial charge on any atom is 0.410 e. The molecule has 8 nitrogen and oxygen atoms in total. The summed E-state index contributed by atoms with van der Waals surface area (Å²) in [7, 11) is 0. The van der Waals surface area contributed by atoms with Gasteiger partial charge in [-0.15, -0.1) is 0 Å². The van der Waals surface area contributed by atoms with E-state index in [4.69, 9.17) is 9.47 Å². The molecule has 36 heavy (non-hydrogen) atoms. The van der Waals surface area contributed by atoms with Crippen LogP contribution in [0.1, 0.15) is 97.8 Å². The van der Waals surface area contributed by atoms with Gasteiger partial charge in [-0.3, -0.25) is 0 Å². The van der Waals surface area contributed by atoms with Crippen LogP contribution < -0.4 is 0 Å². The number of piperidine rings is 2. The minimum atomic E-state index is -0.530. The molecule has 2 amide bonds. The Morgan fingerprint density at radius 2 is 1.44 bits per heavy atom. The van der Waals surface area contributed by atoms with Gasteiger partial charge in [0.05, 0.1) is 12.2 Å². The average Bonchev–Trinajstić information content (AvgIpc) is 3.29. The second-order valence-corrected chi connectivity index (χ2v) is 12.4. The van der Waals surface area contributed by atoms with Gasteiger partial charge in [0, 0.05) is 26.2 Å². The third kappa shape index (κ3) is 6.47. The molecule has 206 valence electrons. The van der Waals surface area contributed by atoms with Gasteiger partial charge in [-0.2, -0.15) is 0 Å². The van der Waals surface area contributed by atoms with E-state index in [1.165, 1.54) is 6.42 Å². The first-order valence-corrected chi connectivity index (χ1v) is 14.4. The minimum absolute atomic E-state index is 0.218. The van der Waals surface area contributed by atoms with Crippen LogP contribution in [0.25, 0.3) is 0 Å². The Morgan fingerprint density at radius 1 is 0.861 bits per heavy atom. The Morgan fingerprint density at radius 3 is 2.03 bits per heavy atom. The van der Waals surface area contributed by atoms with Gasteiger partial charge < -0.3 is 29.5 Å². The van der Waals surface area contributed by atoms with Crippen molar-refractivity contribution in [2.75, 3.05) is 26.2 Å². The number of hydrogen-bond acceptors (Lipinski definition) is 6. The number of rotatable bonds is 5. The van der Waals surface area contributed by atoms with Gasteiger partial charge in [-0.1, -0.05) is 19.8 Å². The molecule has 2 saturated heterocycles. The monoisotopic (exact) mass is 508 g/mol. The number of ether oxygens (including phenoxy) is 2. The van der Waals surface area contributed by atoms with Crippen LogP contribution in [-0.4, -0.2) is 81.8 Å². The van der Waals surface area contributed by atoms with Gasteiger partial charge in [-0.25, -0.2) is 9.59 Å². The highest BCUT2D eigenvalue weighted by Gasteiger charge is 2.47. The van der Waals surface area contributed by atoms with Crippen LogP contribution in [0, 0.1) is 17.8 Å². The molecule has 2 aliphatic carbocycles. The van der Waals surface area contributed by atoms with Gasteiger partial charge in [0.25, 0.3) is 0 Å². The first-order chi connectivity index (χ1) is 17.1. The zero-order valence-electron chi connectivity index (χ0n) is 22.6. The number of nitrogens with zero attached hydrogens (tertiary/aromatic N) is 2. The number of amides is 2. The highest BCUT2D eigenvalue weighted by molar-refractivity contribution is 5.68. The number of carbonyl (C=O) groups excluding carboxylic acids is 2. The number of likely N-dealkylation sites (tertiary alicyclic amines) is 2. The molecule has 4 atom stereocenters. The number of carbonyl (C=O) groups is 2. The fourth-order valence-electron chi connectivity index (χ4n) is 7.03. The van der Waals surface area contributed by atoms with E-state index in [1.54, 1.807) is 9.80 Å². The van der Waals surface area contributed by atoms with Crippen LogP contribution in [0.2, 0.25) is 0 Å². The minimum Gasteiger partial charge on any atom is -0.443 e. The van der Waals surface area contributed by atoms with Crippen molar-refractivity contribution in [3.63, 3.8) is 0 Å². The summed E-state index contributed by atoms with van der Waals surface area (Å²) < 4.78 is 12.2. The molecular formula is C28H48N2O6. The first kappa shape index (κ1) is 27.5. The van der Waals surface area contributed by atoms with Crippen molar-refractivity contribution >= 4 is 12.2 Å². The van der Waals surface area contributed by atoms with Crippen molar-refractivity contribution in [2.45, 2.75) is 121 Å². The fourth-order valence-corrected chi connectivity index (χ4v) is 7.03. The second kappa shape index (κ2) is 11.5. The SMILES string of the molecule is CCC1(OC(=O)N2CCC(O)CC2)CCC(C2CCCC(C(C)(C)OC(=O)N3CCC(O)CC3)C2)C1. The molecular weight excluding hydrogens is 460 g/mol. The summed E-state index contributed by atoms with van der Waals surface area (Å²) in [6.45, 7) is 8.49. The standard InChI is InChI=1S/C28H48N2O6/c1-4-28(36-26(34)30-16-11-24(32)12-17-30)13-8-21(19-28)20-6-5-7-22(18-20)27(2,3)35-25(33)29-14-9-23(31)10-15-29/h20-24,31-32H,4-19H2,1-3H3. The van der Waals surface area contributed by atoms with Crippen LogP contribution in [-0.2, 0) is 9.47 Å². The van der Waals surface area contributed by atoms with E-state index in [1.807, 2.05) is 0 Å². The van der Waals surface area contributed by atoms with Crippen molar-refractivity contribution in [2.24, 2.45) is 17.8 Å².